The van der Waals surface area contributed by atoms with Crippen LogP contribution in [0.2, 0.25) is 0 Å². The normalized spacial score (nSPS) is 37.2. The van der Waals surface area contributed by atoms with Crippen molar-refractivity contribution in [2.75, 3.05) is 39.6 Å². The van der Waals surface area contributed by atoms with Crippen LogP contribution in [0.1, 0.15) is 119 Å². The summed E-state index contributed by atoms with van der Waals surface area (Å²) < 4.78 is 22.1. The molecule has 0 N–H and O–H groups in total. The fourth-order valence-corrected chi connectivity index (χ4v) is 10.3. The van der Waals surface area contributed by atoms with Gasteiger partial charge >= 0.3 is 5.97 Å². The van der Waals surface area contributed by atoms with Crippen molar-refractivity contribution >= 4 is 5.97 Å². The lowest BCUT2D eigenvalue weighted by atomic mass is 9.41. The van der Waals surface area contributed by atoms with Crippen molar-refractivity contribution in [1.29, 1.82) is 0 Å². The van der Waals surface area contributed by atoms with Crippen LogP contribution >= 0.6 is 0 Å². The van der Waals surface area contributed by atoms with Gasteiger partial charge in [-0.05, 0) is 104 Å². The van der Waals surface area contributed by atoms with Gasteiger partial charge in [0.25, 0.3) is 0 Å². The van der Waals surface area contributed by atoms with E-state index in [1.165, 1.54) is 57.8 Å². The molecule has 0 saturated heterocycles. The number of allylic oxidation sites excluding steroid dienone is 1. The molecule has 0 spiro atoms. The van der Waals surface area contributed by atoms with Gasteiger partial charge in [-0.1, -0.05) is 72.5 Å². The molecule has 0 unspecified atom stereocenters. The van der Waals surface area contributed by atoms with Crippen molar-refractivity contribution in [1.82, 2.24) is 0 Å². The highest BCUT2D eigenvalue weighted by Gasteiger charge is 2.63. The van der Waals surface area contributed by atoms with Crippen LogP contribution in [0.3, 0.4) is 0 Å². The highest BCUT2D eigenvalue weighted by Crippen LogP contribution is 2.72. The molecule has 41 heavy (non-hydrogen) atoms. The second kappa shape index (κ2) is 14.2. The SMILES string of the molecule is CCOC(=O)COCCOCCO[C@H]1CC[C@@]2(C)C(=CC[C@@]3(C)[C@@H]4CC[C@H]([C@H](C)CCCC(C)C)[C@@]4(C)CC[C@@H]32)C1. The maximum atomic E-state index is 11.3. The summed E-state index contributed by atoms with van der Waals surface area (Å²) in [5.74, 6) is 3.95. The van der Waals surface area contributed by atoms with Crippen LogP contribution in [-0.4, -0.2) is 51.7 Å². The molecule has 0 heterocycles. The topological polar surface area (TPSA) is 54.0 Å². The van der Waals surface area contributed by atoms with Gasteiger partial charge in [-0.25, -0.2) is 4.79 Å². The molecule has 236 valence electrons. The van der Waals surface area contributed by atoms with Crippen LogP contribution in [-0.2, 0) is 23.7 Å². The molecule has 5 nitrogen and oxygen atoms in total. The first-order chi connectivity index (χ1) is 19.5. The molecule has 3 fully saturated rings. The molecule has 0 bridgehead atoms. The second-order valence-corrected chi connectivity index (χ2v) is 15.2. The van der Waals surface area contributed by atoms with Crippen LogP contribution in [0, 0.1) is 45.8 Å². The van der Waals surface area contributed by atoms with E-state index in [9.17, 15) is 4.79 Å². The van der Waals surface area contributed by atoms with E-state index in [0.717, 1.165) is 42.4 Å². The van der Waals surface area contributed by atoms with E-state index in [0.29, 0.717) is 55.4 Å². The minimum absolute atomic E-state index is 0.0121. The molecule has 3 saturated carbocycles. The van der Waals surface area contributed by atoms with Gasteiger partial charge in [-0.2, -0.15) is 0 Å². The zero-order chi connectivity index (χ0) is 29.7. The van der Waals surface area contributed by atoms with E-state index in [-0.39, 0.29) is 12.6 Å². The standard InChI is InChI=1S/C36H62O5/c1-8-40-33(37)25-39-21-20-38-22-23-41-29-15-18-34(5)28(24-29)14-17-36(7)31-13-12-30(27(4)11-9-10-26(2)3)35(31,6)19-16-32(34)36/h14,26-27,29-32H,8-13,15-25H2,1-7H3/t27-,29+,30-,31-,32-,34+,35-,36+/m1/s1. The third-order valence-corrected chi connectivity index (χ3v) is 12.3. The highest BCUT2D eigenvalue weighted by atomic mass is 16.6. The Bertz CT molecular complexity index is 883. The first-order valence-corrected chi connectivity index (χ1v) is 17.2. The monoisotopic (exact) mass is 574 g/mol. The van der Waals surface area contributed by atoms with E-state index < -0.39 is 0 Å². The number of esters is 1. The number of carbonyl (C=O) groups excluding carboxylic acids is 1. The lowest BCUT2D eigenvalue weighted by Crippen LogP contribution is -2.56. The molecule has 4 aliphatic rings. The van der Waals surface area contributed by atoms with Crippen molar-refractivity contribution in [2.24, 2.45) is 45.8 Å². The zero-order valence-corrected chi connectivity index (χ0v) is 27.6. The van der Waals surface area contributed by atoms with Crippen LogP contribution in [0.25, 0.3) is 0 Å². The van der Waals surface area contributed by atoms with E-state index >= 15 is 0 Å². The van der Waals surface area contributed by atoms with Gasteiger partial charge in [-0.3, -0.25) is 0 Å². The third-order valence-electron chi connectivity index (χ3n) is 12.3. The summed E-state index contributed by atoms with van der Waals surface area (Å²) in [6.07, 6.45) is 17.7. The van der Waals surface area contributed by atoms with Crippen LogP contribution < -0.4 is 0 Å². The molecule has 8 atom stereocenters. The van der Waals surface area contributed by atoms with Gasteiger partial charge in [-0.15, -0.1) is 0 Å². The molecular weight excluding hydrogens is 512 g/mol. The Kier molecular flexibility index (Phi) is 11.5. The van der Waals surface area contributed by atoms with Gasteiger partial charge in [0.15, 0.2) is 0 Å². The second-order valence-electron chi connectivity index (χ2n) is 15.2. The molecule has 0 aromatic rings. The quantitative estimate of drug-likeness (QED) is 0.112. The average Bonchev–Trinajstić information content (AvgIpc) is 3.28. The van der Waals surface area contributed by atoms with Gasteiger partial charge in [0.1, 0.15) is 6.61 Å². The molecule has 4 aliphatic carbocycles. The van der Waals surface area contributed by atoms with Crippen molar-refractivity contribution in [3.63, 3.8) is 0 Å². The summed E-state index contributed by atoms with van der Waals surface area (Å²) in [7, 11) is 0. The maximum absolute atomic E-state index is 11.3. The zero-order valence-electron chi connectivity index (χ0n) is 27.6. The molecule has 0 radical (unpaired) electrons. The Morgan fingerprint density at radius 3 is 2.41 bits per heavy atom. The number of carbonyl (C=O) groups is 1. The summed E-state index contributed by atoms with van der Waals surface area (Å²) in [5.41, 5.74) is 2.98. The molecular formula is C36H62O5. The Balaban J connectivity index is 1.26. The van der Waals surface area contributed by atoms with Crippen LogP contribution in [0.5, 0.6) is 0 Å². The van der Waals surface area contributed by atoms with Gasteiger partial charge in [0, 0.05) is 0 Å². The smallest absolute Gasteiger partial charge is 0.332 e. The molecule has 0 aromatic carbocycles. The molecule has 0 aliphatic heterocycles. The van der Waals surface area contributed by atoms with E-state index in [1.807, 2.05) is 0 Å². The molecule has 0 amide bonds. The molecule has 5 heteroatoms. The Morgan fingerprint density at radius 2 is 1.66 bits per heavy atom. The van der Waals surface area contributed by atoms with Crippen molar-refractivity contribution in [3.8, 4) is 0 Å². The Morgan fingerprint density at radius 1 is 0.902 bits per heavy atom. The lowest BCUT2D eigenvalue weighted by Gasteiger charge is -2.63. The van der Waals surface area contributed by atoms with Crippen LogP contribution in [0.4, 0.5) is 0 Å². The number of ether oxygens (including phenoxy) is 4. The van der Waals surface area contributed by atoms with E-state index in [4.69, 9.17) is 18.9 Å². The van der Waals surface area contributed by atoms with E-state index in [2.05, 4.69) is 47.6 Å². The first kappa shape index (κ1) is 33.0. The minimum Gasteiger partial charge on any atom is -0.464 e. The van der Waals surface area contributed by atoms with Crippen molar-refractivity contribution < 1.29 is 23.7 Å². The third kappa shape index (κ3) is 7.26. The summed E-state index contributed by atoms with van der Waals surface area (Å²) in [6, 6.07) is 0. The lowest BCUT2D eigenvalue weighted by molar-refractivity contribution is -0.149. The summed E-state index contributed by atoms with van der Waals surface area (Å²) >= 11 is 0. The summed E-state index contributed by atoms with van der Waals surface area (Å²) in [6.45, 7) is 19.5. The number of fused-ring (bicyclic) bond motifs is 5. The predicted octanol–water partition coefficient (Wildman–Crippen LogP) is 8.40. The molecule has 0 aromatic heterocycles. The van der Waals surface area contributed by atoms with Gasteiger partial charge < -0.3 is 18.9 Å². The van der Waals surface area contributed by atoms with Gasteiger partial charge in [0.2, 0.25) is 0 Å². The Hall–Kier alpha value is -0.910. The van der Waals surface area contributed by atoms with E-state index in [1.54, 1.807) is 12.5 Å². The summed E-state index contributed by atoms with van der Waals surface area (Å²) in [5, 5.41) is 0. The predicted molar refractivity (Wildman–Crippen MR) is 166 cm³/mol. The highest BCUT2D eigenvalue weighted by molar-refractivity contribution is 5.70. The number of rotatable bonds is 15. The molecule has 4 rings (SSSR count). The maximum Gasteiger partial charge on any atom is 0.332 e. The summed E-state index contributed by atoms with van der Waals surface area (Å²) in [4.78, 5) is 11.3. The van der Waals surface area contributed by atoms with Crippen molar-refractivity contribution in [3.05, 3.63) is 11.6 Å². The van der Waals surface area contributed by atoms with Crippen molar-refractivity contribution in [2.45, 2.75) is 125 Å². The average molecular weight is 575 g/mol. The van der Waals surface area contributed by atoms with Gasteiger partial charge in [0.05, 0.1) is 39.1 Å². The first-order valence-electron chi connectivity index (χ1n) is 17.2. The Labute approximate surface area is 251 Å². The minimum atomic E-state index is -0.325. The largest absolute Gasteiger partial charge is 0.464 e. The van der Waals surface area contributed by atoms with Crippen LogP contribution in [0.15, 0.2) is 11.6 Å². The number of hydrogen-bond donors (Lipinski definition) is 0. The fraction of sp³-hybridized carbons (Fsp3) is 0.917. The number of hydrogen-bond acceptors (Lipinski definition) is 5. The fourth-order valence-electron chi connectivity index (χ4n) is 10.3.